The van der Waals surface area contributed by atoms with Gasteiger partial charge in [-0.1, -0.05) is 47.1 Å². The predicted octanol–water partition coefficient (Wildman–Crippen LogP) is 5.01. The zero-order valence-corrected chi connectivity index (χ0v) is 12.2. The highest BCUT2D eigenvalue weighted by atomic mass is 79.9. The third-order valence-electron chi connectivity index (χ3n) is 3.25. The van der Waals surface area contributed by atoms with Gasteiger partial charge in [0.15, 0.2) is 0 Å². The van der Waals surface area contributed by atoms with Crippen LogP contribution in [0.3, 0.4) is 0 Å². The fraction of sp³-hybridized carbons (Fsp3) is 0.125. The molecule has 3 rings (SSSR count). The lowest BCUT2D eigenvalue weighted by molar-refractivity contribution is 0.558. The summed E-state index contributed by atoms with van der Waals surface area (Å²) in [5, 5.41) is 1.14. The number of aryl methyl sites for hydroxylation is 1. The van der Waals surface area contributed by atoms with Crippen molar-refractivity contribution in [3.05, 3.63) is 52.7 Å². The van der Waals surface area contributed by atoms with E-state index in [-0.39, 0.29) is 0 Å². The van der Waals surface area contributed by atoms with Crippen LogP contribution in [0.1, 0.15) is 12.7 Å². The van der Waals surface area contributed by atoms with Crippen LogP contribution < -0.4 is 5.73 Å². The van der Waals surface area contributed by atoms with E-state index in [1.807, 2.05) is 36.4 Å². The van der Waals surface area contributed by atoms with Gasteiger partial charge in [0.2, 0.25) is 0 Å². The van der Waals surface area contributed by atoms with E-state index in [0.29, 0.717) is 0 Å². The van der Waals surface area contributed by atoms with Crippen molar-refractivity contribution in [1.29, 1.82) is 0 Å². The van der Waals surface area contributed by atoms with Crippen molar-refractivity contribution < 1.29 is 4.42 Å². The molecule has 2 nitrogen and oxygen atoms in total. The van der Waals surface area contributed by atoms with Gasteiger partial charge in [0, 0.05) is 33.1 Å². The molecule has 0 aliphatic carbocycles. The minimum absolute atomic E-state index is 0.751. The minimum Gasteiger partial charge on any atom is -0.460 e. The van der Waals surface area contributed by atoms with E-state index in [2.05, 4.69) is 28.9 Å². The van der Waals surface area contributed by atoms with Crippen LogP contribution in [0.5, 0.6) is 0 Å². The second-order valence-electron chi connectivity index (χ2n) is 4.49. The minimum atomic E-state index is 0.751. The molecule has 0 fully saturated rings. The number of anilines is 1. The molecule has 2 aromatic carbocycles. The summed E-state index contributed by atoms with van der Waals surface area (Å²) < 4.78 is 6.93. The first-order chi connectivity index (χ1) is 9.20. The topological polar surface area (TPSA) is 39.2 Å². The van der Waals surface area contributed by atoms with Crippen molar-refractivity contribution >= 4 is 32.6 Å². The quantitative estimate of drug-likeness (QED) is 0.675. The van der Waals surface area contributed by atoms with Gasteiger partial charge in [-0.15, -0.1) is 0 Å². The summed E-state index contributed by atoms with van der Waals surface area (Å²) in [6.07, 6.45) is 0.862. The monoisotopic (exact) mass is 315 g/mol. The summed E-state index contributed by atoms with van der Waals surface area (Å²) in [6.45, 7) is 2.10. The van der Waals surface area contributed by atoms with Crippen LogP contribution in [-0.4, -0.2) is 0 Å². The van der Waals surface area contributed by atoms with Crippen LogP contribution >= 0.6 is 15.9 Å². The van der Waals surface area contributed by atoms with Crippen molar-refractivity contribution in [2.24, 2.45) is 0 Å². The second kappa shape index (κ2) is 4.74. The number of rotatable bonds is 2. The Morgan fingerprint density at radius 1 is 1.16 bits per heavy atom. The molecular weight excluding hydrogens is 302 g/mol. The summed E-state index contributed by atoms with van der Waals surface area (Å²) in [5.41, 5.74) is 9.77. The lowest BCUT2D eigenvalue weighted by Gasteiger charge is -2.06. The number of furan rings is 1. The number of nitrogens with two attached hydrogens (primary N) is 1. The maximum Gasteiger partial charge on any atom is 0.134 e. The third kappa shape index (κ3) is 2.04. The molecule has 0 aliphatic heterocycles. The van der Waals surface area contributed by atoms with Gasteiger partial charge < -0.3 is 10.2 Å². The Bertz CT molecular complexity index is 746. The summed E-state index contributed by atoms with van der Waals surface area (Å²) in [6, 6.07) is 14.0. The lowest BCUT2D eigenvalue weighted by atomic mass is 10.0. The van der Waals surface area contributed by atoms with Gasteiger partial charge in [-0.25, -0.2) is 0 Å². The molecule has 3 heteroatoms. The first-order valence-electron chi connectivity index (χ1n) is 6.26. The average Bonchev–Trinajstić information content (AvgIpc) is 2.77. The number of para-hydroxylation sites is 1. The standard InChI is InChI=1S/C16H14BrNO/c1-2-14-16(11-8-7-10(18)9-13(11)17)12-5-3-4-6-15(12)19-14/h3-9H,2,18H2,1H3. The first-order valence-corrected chi connectivity index (χ1v) is 7.05. The number of nitrogen functional groups attached to an aromatic ring is 1. The number of hydrogen-bond acceptors (Lipinski definition) is 2. The van der Waals surface area contributed by atoms with E-state index in [4.69, 9.17) is 10.2 Å². The molecule has 0 amide bonds. The molecule has 0 aliphatic rings. The van der Waals surface area contributed by atoms with Gasteiger partial charge >= 0.3 is 0 Å². The Kier molecular flexibility index (Phi) is 3.07. The normalized spacial score (nSPS) is 11.1. The van der Waals surface area contributed by atoms with Crippen LogP contribution in [0.2, 0.25) is 0 Å². The highest BCUT2D eigenvalue weighted by Crippen LogP contribution is 2.39. The SMILES string of the molecule is CCc1oc2ccccc2c1-c1ccc(N)cc1Br. The third-order valence-corrected chi connectivity index (χ3v) is 3.91. The van der Waals surface area contributed by atoms with Crippen molar-refractivity contribution in [3.8, 4) is 11.1 Å². The summed E-state index contributed by atoms with van der Waals surface area (Å²) in [7, 11) is 0. The van der Waals surface area contributed by atoms with Gasteiger partial charge in [0.25, 0.3) is 0 Å². The molecule has 0 radical (unpaired) electrons. The van der Waals surface area contributed by atoms with Crippen LogP contribution in [0.15, 0.2) is 51.4 Å². The highest BCUT2D eigenvalue weighted by molar-refractivity contribution is 9.10. The number of benzene rings is 2. The summed E-state index contributed by atoms with van der Waals surface area (Å²) in [4.78, 5) is 0. The van der Waals surface area contributed by atoms with Gasteiger partial charge in [0.05, 0.1) is 0 Å². The molecule has 0 spiro atoms. The lowest BCUT2D eigenvalue weighted by Crippen LogP contribution is -1.88. The van der Waals surface area contributed by atoms with Crippen molar-refractivity contribution in [3.63, 3.8) is 0 Å². The fourth-order valence-electron chi connectivity index (χ4n) is 2.37. The number of hydrogen-bond donors (Lipinski definition) is 1. The molecule has 0 unspecified atom stereocenters. The van der Waals surface area contributed by atoms with Gasteiger partial charge in [-0.3, -0.25) is 0 Å². The summed E-state index contributed by atoms with van der Waals surface area (Å²) in [5.74, 6) is 1.01. The Hall–Kier alpha value is -1.74. The van der Waals surface area contributed by atoms with E-state index < -0.39 is 0 Å². The molecular formula is C16H14BrNO. The average molecular weight is 316 g/mol. The zero-order chi connectivity index (χ0) is 13.4. The van der Waals surface area contributed by atoms with Gasteiger partial charge in [-0.2, -0.15) is 0 Å². The highest BCUT2D eigenvalue weighted by Gasteiger charge is 2.16. The molecule has 0 saturated carbocycles. The van der Waals surface area contributed by atoms with Crippen molar-refractivity contribution in [1.82, 2.24) is 0 Å². The van der Waals surface area contributed by atoms with Crippen molar-refractivity contribution in [2.75, 3.05) is 5.73 Å². The molecule has 0 saturated heterocycles. The van der Waals surface area contributed by atoms with Crippen molar-refractivity contribution in [2.45, 2.75) is 13.3 Å². The largest absolute Gasteiger partial charge is 0.460 e. The van der Waals surface area contributed by atoms with Gasteiger partial charge in [-0.05, 0) is 18.2 Å². The Morgan fingerprint density at radius 2 is 1.95 bits per heavy atom. The van der Waals surface area contributed by atoms with E-state index in [0.717, 1.165) is 44.4 Å². The molecule has 3 aromatic rings. The Labute approximate surface area is 120 Å². The van der Waals surface area contributed by atoms with Gasteiger partial charge in [0.1, 0.15) is 11.3 Å². The van der Waals surface area contributed by atoms with E-state index in [1.165, 1.54) is 0 Å². The zero-order valence-electron chi connectivity index (χ0n) is 10.6. The first kappa shape index (κ1) is 12.3. The van der Waals surface area contributed by atoms with Crippen LogP contribution in [0.25, 0.3) is 22.1 Å². The smallest absolute Gasteiger partial charge is 0.134 e. The molecule has 2 N–H and O–H groups in total. The molecule has 0 atom stereocenters. The number of halogens is 1. The number of fused-ring (bicyclic) bond motifs is 1. The van der Waals surface area contributed by atoms with E-state index >= 15 is 0 Å². The Balaban J connectivity index is 2.34. The summed E-state index contributed by atoms with van der Waals surface area (Å²) >= 11 is 3.60. The van der Waals surface area contributed by atoms with Crippen LogP contribution in [0.4, 0.5) is 5.69 Å². The molecule has 1 heterocycles. The van der Waals surface area contributed by atoms with E-state index in [9.17, 15) is 0 Å². The Morgan fingerprint density at radius 3 is 2.68 bits per heavy atom. The van der Waals surface area contributed by atoms with Crippen LogP contribution in [0, 0.1) is 0 Å². The van der Waals surface area contributed by atoms with E-state index in [1.54, 1.807) is 0 Å². The van der Waals surface area contributed by atoms with Crippen LogP contribution in [-0.2, 0) is 6.42 Å². The maximum absolute atomic E-state index is 5.94. The molecule has 96 valence electrons. The molecule has 19 heavy (non-hydrogen) atoms. The maximum atomic E-state index is 5.94. The second-order valence-corrected chi connectivity index (χ2v) is 5.34. The fourth-order valence-corrected chi connectivity index (χ4v) is 2.97. The molecule has 1 aromatic heterocycles. The molecule has 0 bridgehead atoms. The predicted molar refractivity (Wildman–Crippen MR) is 83.1 cm³/mol.